The van der Waals surface area contributed by atoms with Crippen molar-refractivity contribution in [2.75, 3.05) is 32.5 Å². The van der Waals surface area contributed by atoms with Gasteiger partial charge in [0.05, 0.1) is 11.5 Å². The van der Waals surface area contributed by atoms with Crippen LogP contribution in [0.5, 0.6) is 0 Å². The highest BCUT2D eigenvalue weighted by Gasteiger charge is 2.21. The van der Waals surface area contributed by atoms with Crippen molar-refractivity contribution < 1.29 is 14.5 Å². The molecule has 0 atom stereocenters. The third kappa shape index (κ3) is 4.16. The van der Waals surface area contributed by atoms with Crippen LogP contribution >= 0.6 is 0 Å². The average molecular weight is 293 g/mol. The molecule has 1 fully saturated rings. The van der Waals surface area contributed by atoms with E-state index in [1.807, 2.05) is 0 Å². The molecule has 7 heteroatoms. The molecule has 21 heavy (non-hydrogen) atoms. The van der Waals surface area contributed by atoms with Crippen molar-refractivity contribution in [2.45, 2.75) is 12.8 Å². The standard InChI is InChI=1S/C14H19N3O4/c1-16(6-7-21-9-10-2-3-10)14(18)11-4-5-12(15)13(8-11)17(19)20/h4-5,8,10H,2-3,6-7,9,15H2,1H3. The molecule has 0 heterocycles. The molecule has 1 saturated carbocycles. The number of nitro groups is 1. The van der Waals surface area contributed by atoms with Crippen LogP contribution < -0.4 is 5.73 Å². The van der Waals surface area contributed by atoms with E-state index < -0.39 is 4.92 Å². The fourth-order valence-corrected chi connectivity index (χ4v) is 1.89. The number of carbonyl (C=O) groups excluding carboxylic acids is 1. The van der Waals surface area contributed by atoms with Gasteiger partial charge in [0, 0.05) is 31.8 Å². The summed E-state index contributed by atoms with van der Waals surface area (Å²) in [5.41, 5.74) is 5.56. The highest BCUT2D eigenvalue weighted by molar-refractivity contribution is 5.95. The summed E-state index contributed by atoms with van der Waals surface area (Å²) in [6.07, 6.45) is 2.45. The lowest BCUT2D eigenvalue weighted by Gasteiger charge is -2.17. The van der Waals surface area contributed by atoms with E-state index in [4.69, 9.17) is 10.5 Å². The zero-order chi connectivity index (χ0) is 15.4. The van der Waals surface area contributed by atoms with Gasteiger partial charge in [-0.1, -0.05) is 0 Å². The van der Waals surface area contributed by atoms with Crippen LogP contribution in [0, 0.1) is 16.0 Å². The number of benzene rings is 1. The SMILES string of the molecule is CN(CCOCC1CC1)C(=O)c1ccc(N)c([N+](=O)[O-])c1. The van der Waals surface area contributed by atoms with Crippen LogP contribution in [0.4, 0.5) is 11.4 Å². The maximum absolute atomic E-state index is 12.2. The molecule has 1 aromatic rings. The second-order valence-electron chi connectivity index (χ2n) is 5.28. The number of ether oxygens (including phenoxy) is 1. The van der Waals surface area contributed by atoms with Crippen LogP contribution in [0.2, 0.25) is 0 Å². The maximum Gasteiger partial charge on any atom is 0.292 e. The minimum Gasteiger partial charge on any atom is -0.393 e. The van der Waals surface area contributed by atoms with E-state index in [0.717, 1.165) is 6.61 Å². The van der Waals surface area contributed by atoms with Crippen molar-refractivity contribution in [1.82, 2.24) is 4.90 Å². The fourth-order valence-electron chi connectivity index (χ4n) is 1.89. The number of nitrogens with zero attached hydrogens (tertiary/aromatic N) is 2. The van der Waals surface area contributed by atoms with Crippen molar-refractivity contribution in [2.24, 2.45) is 5.92 Å². The Hall–Kier alpha value is -2.15. The first-order valence-electron chi connectivity index (χ1n) is 6.86. The van der Waals surface area contributed by atoms with E-state index in [9.17, 15) is 14.9 Å². The van der Waals surface area contributed by atoms with Crippen molar-refractivity contribution in [3.8, 4) is 0 Å². The number of hydrogen-bond acceptors (Lipinski definition) is 5. The summed E-state index contributed by atoms with van der Waals surface area (Å²) in [6.45, 7) is 1.66. The molecular formula is C14H19N3O4. The summed E-state index contributed by atoms with van der Waals surface area (Å²) in [4.78, 5) is 23.9. The molecule has 0 saturated heterocycles. The number of nitro benzene ring substituents is 1. The van der Waals surface area contributed by atoms with Gasteiger partial charge in [-0.25, -0.2) is 0 Å². The molecule has 0 spiro atoms. The molecule has 0 aromatic heterocycles. The number of hydrogen-bond donors (Lipinski definition) is 1. The Morgan fingerprint density at radius 2 is 2.24 bits per heavy atom. The summed E-state index contributed by atoms with van der Waals surface area (Å²) in [6, 6.07) is 4.08. The lowest BCUT2D eigenvalue weighted by molar-refractivity contribution is -0.383. The number of rotatable bonds is 7. The van der Waals surface area contributed by atoms with Gasteiger partial charge in [0.1, 0.15) is 5.69 Å². The van der Waals surface area contributed by atoms with E-state index in [2.05, 4.69) is 0 Å². The molecule has 1 aromatic carbocycles. The van der Waals surface area contributed by atoms with Gasteiger partial charge in [0.15, 0.2) is 0 Å². The third-order valence-electron chi connectivity index (χ3n) is 3.44. The van der Waals surface area contributed by atoms with Gasteiger partial charge in [0.2, 0.25) is 0 Å². The van der Waals surface area contributed by atoms with E-state index in [-0.39, 0.29) is 22.8 Å². The largest absolute Gasteiger partial charge is 0.393 e. The highest BCUT2D eigenvalue weighted by atomic mass is 16.6. The Morgan fingerprint density at radius 1 is 1.52 bits per heavy atom. The Balaban J connectivity index is 1.91. The fraction of sp³-hybridized carbons (Fsp3) is 0.500. The summed E-state index contributed by atoms with van der Waals surface area (Å²) < 4.78 is 5.47. The second-order valence-corrected chi connectivity index (χ2v) is 5.28. The summed E-state index contributed by atoms with van der Waals surface area (Å²) in [5, 5.41) is 10.8. The number of nitrogens with two attached hydrogens (primary N) is 1. The topological polar surface area (TPSA) is 98.7 Å². The van der Waals surface area contributed by atoms with Gasteiger partial charge >= 0.3 is 0 Å². The van der Waals surface area contributed by atoms with Crippen molar-refractivity contribution >= 4 is 17.3 Å². The van der Waals surface area contributed by atoms with E-state index in [1.165, 1.54) is 35.9 Å². The molecule has 0 bridgehead atoms. The Kier molecular flexibility index (Phi) is 4.74. The van der Waals surface area contributed by atoms with Crippen LogP contribution in [0.25, 0.3) is 0 Å². The van der Waals surface area contributed by atoms with Crippen LogP contribution in [-0.4, -0.2) is 42.5 Å². The maximum atomic E-state index is 12.2. The van der Waals surface area contributed by atoms with E-state index >= 15 is 0 Å². The van der Waals surface area contributed by atoms with Crippen LogP contribution in [0.15, 0.2) is 18.2 Å². The van der Waals surface area contributed by atoms with Crippen molar-refractivity contribution in [3.63, 3.8) is 0 Å². The predicted molar refractivity (Wildman–Crippen MR) is 78.0 cm³/mol. The molecule has 0 unspecified atom stereocenters. The Bertz CT molecular complexity index is 543. The molecule has 1 aliphatic rings. The first kappa shape index (κ1) is 15.2. The molecule has 0 radical (unpaired) electrons. The Morgan fingerprint density at radius 3 is 2.86 bits per heavy atom. The van der Waals surface area contributed by atoms with Crippen LogP contribution in [0.1, 0.15) is 23.2 Å². The van der Waals surface area contributed by atoms with Crippen molar-refractivity contribution in [1.29, 1.82) is 0 Å². The van der Waals surface area contributed by atoms with Gasteiger partial charge in [-0.3, -0.25) is 14.9 Å². The van der Waals surface area contributed by atoms with Gasteiger partial charge in [-0.2, -0.15) is 0 Å². The predicted octanol–water partition coefficient (Wildman–Crippen LogP) is 1.68. The molecule has 2 rings (SSSR count). The van der Waals surface area contributed by atoms with E-state index in [1.54, 1.807) is 7.05 Å². The number of amides is 1. The summed E-state index contributed by atoms with van der Waals surface area (Å²) in [5.74, 6) is 0.402. The van der Waals surface area contributed by atoms with Gasteiger partial charge in [0.25, 0.3) is 11.6 Å². The average Bonchev–Trinajstić information content (AvgIpc) is 3.27. The molecule has 7 nitrogen and oxygen atoms in total. The molecule has 1 aliphatic carbocycles. The molecule has 0 aliphatic heterocycles. The summed E-state index contributed by atoms with van der Waals surface area (Å²) >= 11 is 0. The molecule has 114 valence electrons. The highest BCUT2D eigenvalue weighted by Crippen LogP contribution is 2.28. The minimum atomic E-state index is -0.592. The molecular weight excluding hydrogens is 274 g/mol. The lowest BCUT2D eigenvalue weighted by Crippen LogP contribution is -2.30. The first-order chi connectivity index (χ1) is 9.99. The number of anilines is 1. The number of carbonyl (C=O) groups is 1. The number of nitrogen functional groups attached to an aromatic ring is 1. The van der Waals surface area contributed by atoms with Gasteiger partial charge < -0.3 is 15.4 Å². The molecule has 1 amide bonds. The number of likely N-dealkylation sites (N-methyl/N-ethyl adjacent to an activating group) is 1. The normalized spacial score (nSPS) is 14.0. The Labute approximate surface area is 122 Å². The van der Waals surface area contributed by atoms with E-state index in [0.29, 0.717) is 19.1 Å². The van der Waals surface area contributed by atoms with Crippen molar-refractivity contribution in [3.05, 3.63) is 33.9 Å². The zero-order valence-corrected chi connectivity index (χ0v) is 11.9. The second kappa shape index (κ2) is 6.53. The zero-order valence-electron chi connectivity index (χ0n) is 11.9. The monoisotopic (exact) mass is 293 g/mol. The smallest absolute Gasteiger partial charge is 0.292 e. The van der Waals surface area contributed by atoms with Gasteiger partial charge in [-0.05, 0) is 30.9 Å². The quantitative estimate of drug-likeness (QED) is 0.357. The lowest BCUT2D eigenvalue weighted by atomic mass is 10.1. The molecule has 2 N–H and O–H groups in total. The van der Waals surface area contributed by atoms with Gasteiger partial charge in [-0.15, -0.1) is 0 Å². The third-order valence-corrected chi connectivity index (χ3v) is 3.44. The summed E-state index contributed by atoms with van der Waals surface area (Å²) in [7, 11) is 1.64. The van der Waals surface area contributed by atoms with Crippen LogP contribution in [-0.2, 0) is 4.74 Å². The minimum absolute atomic E-state index is 0.0481. The van der Waals surface area contributed by atoms with Crippen LogP contribution in [0.3, 0.4) is 0 Å². The first-order valence-corrected chi connectivity index (χ1v) is 6.86.